The molecule has 0 heterocycles. The van der Waals surface area contributed by atoms with Crippen molar-refractivity contribution in [1.82, 2.24) is 4.31 Å². The van der Waals surface area contributed by atoms with Crippen molar-refractivity contribution in [3.05, 3.63) is 24.3 Å². The first-order chi connectivity index (χ1) is 10.3. The number of hydrogen-bond donors (Lipinski definition) is 1. The highest BCUT2D eigenvalue weighted by Crippen LogP contribution is 2.29. The Hall–Kier alpha value is -1.40. The van der Waals surface area contributed by atoms with Gasteiger partial charge in [0.1, 0.15) is 0 Å². The van der Waals surface area contributed by atoms with E-state index < -0.39 is 10.0 Å². The lowest BCUT2D eigenvalue weighted by molar-refractivity contribution is -0.114. The molecule has 0 atom stereocenters. The van der Waals surface area contributed by atoms with Gasteiger partial charge in [-0.1, -0.05) is 6.92 Å². The molecule has 0 aliphatic heterocycles. The first-order valence-electron chi connectivity index (χ1n) is 7.66. The molecule has 1 aliphatic carbocycles. The lowest BCUT2D eigenvalue weighted by Crippen LogP contribution is -2.39. The van der Waals surface area contributed by atoms with Crippen molar-refractivity contribution in [2.45, 2.75) is 50.5 Å². The molecule has 5 nitrogen and oxygen atoms in total. The van der Waals surface area contributed by atoms with E-state index in [0.29, 0.717) is 11.6 Å². The minimum atomic E-state index is -3.48. The molecule has 1 amide bonds. The van der Waals surface area contributed by atoms with Crippen molar-refractivity contribution in [2.75, 3.05) is 12.4 Å². The molecule has 22 heavy (non-hydrogen) atoms. The quantitative estimate of drug-likeness (QED) is 0.926. The minimum absolute atomic E-state index is 0.0798. The molecule has 1 fully saturated rings. The van der Waals surface area contributed by atoms with Crippen LogP contribution in [0.5, 0.6) is 0 Å². The predicted octanol–water partition coefficient (Wildman–Crippen LogP) is 2.84. The molecule has 1 saturated carbocycles. The largest absolute Gasteiger partial charge is 0.326 e. The highest BCUT2D eigenvalue weighted by Gasteiger charge is 2.30. The van der Waals surface area contributed by atoms with Crippen LogP contribution in [0, 0.1) is 5.92 Å². The van der Waals surface area contributed by atoms with E-state index in [-0.39, 0.29) is 16.8 Å². The van der Waals surface area contributed by atoms with E-state index in [4.69, 9.17) is 0 Å². The van der Waals surface area contributed by atoms with Gasteiger partial charge in [0.2, 0.25) is 15.9 Å². The Morgan fingerprint density at radius 2 is 1.68 bits per heavy atom. The summed E-state index contributed by atoms with van der Waals surface area (Å²) in [6, 6.07) is 6.40. The van der Waals surface area contributed by atoms with Gasteiger partial charge in [0.25, 0.3) is 0 Å². The van der Waals surface area contributed by atoms with Crippen LogP contribution in [0.3, 0.4) is 0 Å². The molecule has 0 bridgehead atoms. The summed E-state index contributed by atoms with van der Waals surface area (Å²) in [5, 5.41) is 2.63. The molecule has 0 saturated heterocycles. The van der Waals surface area contributed by atoms with Crippen LogP contribution in [-0.2, 0) is 14.8 Å². The van der Waals surface area contributed by atoms with E-state index in [9.17, 15) is 13.2 Å². The van der Waals surface area contributed by atoms with E-state index in [1.54, 1.807) is 31.3 Å². The van der Waals surface area contributed by atoms with E-state index >= 15 is 0 Å². The van der Waals surface area contributed by atoms with Gasteiger partial charge < -0.3 is 5.32 Å². The molecule has 2 rings (SSSR count). The number of amides is 1. The van der Waals surface area contributed by atoms with Crippen LogP contribution in [0.15, 0.2) is 29.2 Å². The Balaban J connectivity index is 2.13. The molecule has 1 aromatic carbocycles. The average Bonchev–Trinajstić information content (AvgIpc) is 2.47. The zero-order valence-corrected chi connectivity index (χ0v) is 14.2. The molecule has 1 N–H and O–H groups in total. The third-order valence-corrected chi connectivity index (χ3v) is 6.28. The van der Waals surface area contributed by atoms with Crippen molar-refractivity contribution in [1.29, 1.82) is 0 Å². The van der Waals surface area contributed by atoms with Gasteiger partial charge in [-0.2, -0.15) is 4.31 Å². The summed E-state index contributed by atoms with van der Waals surface area (Å²) in [6.07, 6.45) is 3.99. The SMILES string of the molecule is CC(=O)Nc1ccc(S(=O)(=O)N(C)C2CCC(C)CC2)cc1. The van der Waals surface area contributed by atoms with Gasteiger partial charge in [0.15, 0.2) is 0 Å². The molecule has 122 valence electrons. The highest BCUT2D eigenvalue weighted by atomic mass is 32.2. The number of benzene rings is 1. The first kappa shape index (κ1) is 17.0. The number of nitrogens with one attached hydrogen (secondary N) is 1. The van der Waals surface area contributed by atoms with Crippen molar-refractivity contribution < 1.29 is 13.2 Å². The second-order valence-corrected chi connectivity index (χ2v) is 8.14. The Kier molecular flexibility index (Phi) is 5.24. The van der Waals surface area contributed by atoms with Crippen LogP contribution >= 0.6 is 0 Å². The fraction of sp³-hybridized carbons (Fsp3) is 0.562. The summed E-state index contributed by atoms with van der Waals surface area (Å²) in [6.45, 7) is 3.63. The first-order valence-corrected chi connectivity index (χ1v) is 9.10. The van der Waals surface area contributed by atoms with E-state index in [2.05, 4.69) is 12.2 Å². The van der Waals surface area contributed by atoms with Crippen molar-refractivity contribution in [2.24, 2.45) is 5.92 Å². The standard InChI is InChI=1S/C16H24N2O3S/c1-12-4-8-15(9-5-12)18(3)22(20,21)16-10-6-14(7-11-16)17-13(2)19/h6-7,10-12,15H,4-5,8-9H2,1-3H3,(H,17,19). The second-order valence-electron chi connectivity index (χ2n) is 6.14. The lowest BCUT2D eigenvalue weighted by atomic mass is 9.87. The lowest BCUT2D eigenvalue weighted by Gasteiger charge is -2.32. The average molecular weight is 324 g/mol. The van der Waals surface area contributed by atoms with Crippen molar-refractivity contribution in [3.8, 4) is 0 Å². The van der Waals surface area contributed by atoms with Crippen LogP contribution in [-0.4, -0.2) is 31.7 Å². The highest BCUT2D eigenvalue weighted by molar-refractivity contribution is 7.89. The molecule has 0 aromatic heterocycles. The summed E-state index contributed by atoms with van der Waals surface area (Å²) >= 11 is 0. The smallest absolute Gasteiger partial charge is 0.243 e. The summed E-state index contributed by atoms with van der Waals surface area (Å²) in [4.78, 5) is 11.3. The maximum Gasteiger partial charge on any atom is 0.243 e. The molecule has 0 unspecified atom stereocenters. The number of hydrogen-bond acceptors (Lipinski definition) is 3. The summed E-state index contributed by atoms with van der Waals surface area (Å²) in [5.74, 6) is 0.508. The van der Waals surface area contributed by atoms with Crippen LogP contribution in [0.2, 0.25) is 0 Å². The molecule has 1 aliphatic rings. The topological polar surface area (TPSA) is 66.5 Å². The molecule has 1 aromatic rings. The zero-order chi connectivity index (χ0) is 16.3. The fourth-order valence-electron chi connectivity index (χ4n) is 2.88. The van der Waals surface area contributed by atoms with E-state index in [0.717, 1.165) is 25.7 Å². The molecule has 0 spiro atoms. The zero-order valence-electron chi connectivity index (χ0n) is 13.4. The molecule has 6 heteroatoms. The van der Waals surface area contributed by atoms with Gasteiger partial charge in [-0.15, -0.1) is 0 Å². The second kappa shape index (κ2) is 6.79. The Bertz CT molecular complexity index is 617. The number of rotatable bonds is 4. The van der Waals surface area contributed by atoms with Crippen LogP contribution < -0.4 is 5.32 Å². The third-order valence-electron chi connectivity index (χ3n) is 4.35. The van der Waals surface area contributed by atoms with Gasteiger partial charge in [0, 0.05) is 25.7 Å². The Morgan fingerprint density at radius 1 is 1.14 bits per heavy atom. The molecular formula is C16H24N2O3S. The van der Waals surface area contributed by atoms with Crippen LogP contribution in [0.1, 0.15) is 39.5 Å². The maximum absolute atomic E-state index is 12.7. The van der Waals surface area contributed by atoms with Crippen LogP contribution in [0.25, 0.3) is 0 Å². The monoisotopic (exact) mass is 324 g/mol. The van der Waals surface area contributed by atoms with Crippen molar-refractivity contribution in [3.63, 3.8) is 0 Å². The van der Waals surface area contributed by atoms with E-state index in [1.807, 2.05) is 0 Å². The van der Waals surface area contributed by atoms with Gasteiger partial charge in [0.05, 0.1) is 4.90 Å². The molecular weight excluding hydrogens is 300 g/mol. The number of anilines is 1. The fourth-order valence-corrected chi connectivity index (χ4v) is 4.30. The summed E-state index contributed by atoms with van der Waals surface area (Å²) in [5.41, 5.74) is 0.598. The van der Waals surface area contributed by atoms with Crippen LogP contribution in [0.4, 0.5) is 5.69 Å². The Labute approximate surface area is 132 Å². The number of carbonyl (C=O) groups excluding carboxylic acids is 1. The van der Waals surface area contributed by atoms with Gasteiger partial charge >= 0.3 is 0 Å². The normalized spacial score (nSPS) is 22.5. The van der Waals surface area contributed by atoms with Gasteiger partial charge in [-0.3, -0.25) is 4.79 Å². The maximum atomic E-state index is 12.7. The van der Waals surface area contributed by atoms with E-state index in [1.165, 1.54) is 11.2 Å². The predicted molar refractivity (Wildman–Crippen MR) is 87.1 cm³/mol. The minimum Gasteiger partial charge on any atom is -0.326 e. The van der Waals surface area contributed by atoms with Gasteiger partial charge in [-0.25, -0.2) is 8.42 Å². The number of carbonyl (C=O) groups is 1. The number of sulfonamides is 1. The molecule has 0 radical (unpaired) electrons. The van der Waals surface area contributed by atoms with Gasteiger partial charge in [-0.05, 0) is 55.9 Å². The Morgan fingerprint density at radius 3 is 2.18 bits per heavy atom. The van der Waals surface area contributed by atoms with Crippen molar-refractivity contribution >= 4 is 21.6 Å². The summed E-state index contributed by atoms with van der Waals surface area (Å²) in [7, 11) is -1.82. The number of nitrogens with zero attached hydrogens (tertiary/aromatic N) is 1. The third kappa shape index (κ3) is 3.87. The summed E-state index contributed by atoms with van der Waals surface area (Å²) < 4.78 is 26.9.